The van der Waals surface area contributed by atoms with E-state index in [2.05, 4.69) is 19.2 Å². The van der Waals surface area contributed by atoms with Crippen LogP contribution in [0.15, 0.2) is 12.1 Å². The van der Waals surface area contributed by atoms with Crippen LogP contribution in [0.2, 0.25) is 5.02 Å². The summed E-state index contributed by atoms with van der Waals surface area (Å²) in [6, 6.07) is 4.32. The molecule has 0 bridgehead atoms. The highest BCUT2D eigenvalue weighted by Crippen LogP contribution is 2.36. The fourth-order valence-electron chi connectivity index (χ4n) is 2.09. The van der Waals surface area contributed by atoms with Crippen molar-refractivity contribution in [3.8, 4) is 5.75 Å². The quantitative estimate of drug-likeness (QED) is 0.870. The smallest absolute Gasteiger partial charge is 0.127 e. The molecule has 0 aliphatic carbocycles. The zero-order chi connectivity index (χ0) is 11.5. The van der Waals surface area contributed by atoms with Crippen LogP contribution in [0.25, 0.3) is 0 Å². The van der Waals surface area contributed by atoms with Crippen molar-refractivity contribution < 1.29 is 4.74 Å². The molecule has 1 aromatic carbocycles. The number of hydrogen-bond acceptors (Lipinski definition) is 2. The van der Waals surface area contributed by atoms with Gasteiger partial charge in [0.2, 0.25) is 0 Å². The molecule has 0 amide bonds. The number of halogens is 1. The zero-order valence-electron chi connectivity index (χ0n) is 9.85. The molecule has 1 unspecified atom stereocenters. The van der Waals surface area contributed by atoms with Crippen molar-refractivity contribution >= 4 is 11.6 Å². The predicted molar refractivity (Wildman–Crippen MR) is 67.4 cm³/mol. The van der Waals surface area contributed by atoms with Crippen LogP contribution in [-0.2, 0) is 6.42 Å². The minimum absolute atomic E-state index is 0.297. The van der Waals surface area contributed by atoms with Gasteiger partial charge in [0.1, 0.15) is 5.75 Å². The van der Waals surface area contributed by atoms with Crippen LogP contribution in [0.4, 0.5) is 0 Å². The summed E-state index contributed by atoms with van der Waals surface area (Å²) in [4.78, 5) is 0. The van der Waals surface area contributed by atoms with Crippen LogP contribution in [0.5, 0.6) is 5.75 Å². The number of fused-ring (bicyclic) bond motifs is 1. The van der Waals surface area contributed by atoms with Gasteiger partial charge in [-0.05, 0) is 37.6 Å². The highest BCUT2D eigenvalue weighted by molar-refractivity contribution is 6.30. The maximum atomic E-state index is 6.12. The number of hydrogen-bond donors (Lipinski definition) is 1. The van der Waals surface area contributed by atoms with Gasteiger partial charge in [-0.2, -0.15) is 0 Å². The minimum atomic E-state index is 0.297. The van der Waals surface area contributed by atoms with Crippen LogP contribution in [0.3, 0.4) is 0 Å². The van der Waals surface area contributed by atoms with Crippen molar-refractivity contribution in [1.29, 1.82) is 0 Å². The summed E-state index contributed by atoms with van der Waals surface area (Å²) in [5.41, 5.74) is 2.43. The van der Waals surface area contributed by atoms with E-state index in [1.54, 1.807) is 0 Å². The largest absolute Gasteiger partial charge is 0.493 e. The first-order chi connectivity index (χ1) is 7.72. The van der Waals surface area contributed by atoms with Gasteiger partial charge in [-0.25, -0.2) is 0 Å². The first-order valence-electron chi connectivity index (χ1n) is 5.91. The molecule has 1 heterocycles. The molecule has 88 valence electrons. The summed E-state index contributed by atoms with van der Waals surface area (Å²) in [6.45, 7) is 6.12. The Hall–Kier alpha value is -0.730. The second-order valence-electron chi connectivity index (χ2n) is 4.26. The lowest BCUT2D eigenvalue weighted by Crippen LogP contribution is -2.19. The van der Waals surface area contributed by atoms with Crippen molar-refractivity contribution in [2.45, 2.75) is 32.7 Å². The summed E-state index contributed by atoms with van der Waals surface area (Å²) < 4.78 is 5.69. The number of nitrogens with one attached hydrogen (secondary N) is 1. The van der Waals surface area contributed by atoms with E-state index < -0.39 is 0 Å². The van der Waals surface area contributed by atoms with Gasteiger partial charge in [0, 0.05) is 23.0 Å². The average molecular weight is 240 g/mol. The second-order valence-corrected chi connectivity index (χ2v) is 4.69. The molecule has 1 atom stereocenters. The lowest BCUT2D eigenvalue weighted by Gasteiger charge is -2.17. The lowest BCUT2D eigenvalue weighted by molar-refractivity contribution is 0.349. The summed E-state index contributed by atoms with van der Waals surface area (Å²) in [7, 11) is 0. The molecule has 1 aliphatic rings. The van der Waals surface area contributed by atoms with Crippen LogP contribution in [0.1, 0.15) is 37.4 Å². The standard InChI is InChI=1S/C13H18ClNO/c1-3-5-15-9(2)12-8-11(14)7-10-4-6-16-13(10)12/h7-9,15H,3-6H2,1-2H3. The van der Waals surface area contributed by atoms with E-state index in [1.165, 1.54) is 11.1 Å². The number of benzene rings is 1. The van der Waals surface area contributed by atoms with E-state index in [9.17, 15) is 0 Å². The molecule has 0 aromatic heterocycles. The molecule has 0 saturated heterocycles. The monoisotopic (exact) mass is 239 g/mol. The maximum Gasteiger partial charge on any atom is 0.127 e. The Morgan fingerprint density at radius 3 is 3.06 bits per heavy atom. The first kappa shape index (κ1) is 11.7. The van der Waals surface area contributed by atoms with E-state index in [1.807, 2.05) is 12.1 Å². The Labute approximate surface area is 102 Å². The lowest BCUT2D eigenvalue weighted by atomic mass is 10.0. The highest BCUT2D eigenvalue weighted by atomic mass is 35.5. The minimum Gasteiger partial charge on any atom is -0.493 e. The van der Waals surface area contributed by atoms with E-state index in [-0.39, 0.29) is 0 Å². The molecule has 3 heteroatoms. The molecule has 16 heavy (non-hydrogen) atoms. The van der Waals surface area contributed by atoms with Gasteiger partial charge >= 0.3 is 0 Å². The fraction of sp³-hybridized carbons (Fsp3) is 0.538. The normalized spacial score (nSPS) is 15.7. The third-order valence-electron chi connectivity index (χ3n) is 2.94. The molecular formula is C13H18ClNO. The van der Waals surface area contributed by atoms with E-state index >= 15 is 0 Å². The molecule has 1 aromatic rings. The predicted octanol–water partition coefficient (Wildman–Crippen LogP) is 3.34. The van der Waals surface area contributed by atoms with Crippen LogP contribution < -0.4 is 10.1 Å². The van der Waals surface area contributed by atoms with Crippen LogP contribution in [0, 0.1) is 0 Å². The van der Waals surface area contributed by atoms with Crippen molar-refractivity contribution in [3.05, 3.63) is 28.3 Å². The molecule has 1 N–H and O–H groups in total. The Kier molecular flexibility index (Phi) is 3.72. The third kappa shape index (κ3) is 2.33. The van der Waals surface area contributed by atoms with Crippen molar-refractivity contribution in [2.24, 2.45) is 0 Å². The molecule has 0 spiro atoms. The van der Waals surface area contributed by atoms with Gasteiger partial charge in [0.05, 0.1) is 6.61 Å². The topological polar surface area (TPSA) is 21.3 Å². The average Bonchev–Trinajstić information content (AvgIpc) is 2.72. The van der Waals surface area contributed by atoms with Gasteiger partial charge in [-0.15, -0.1) is 0 Å². The van der Waals surface area contributed by atoms with E-state index in [0.717, 1.165) is 36.8 Å². The summed E-state index contributed by atoms with van der Waals surface area (Å²) >= 11 is 6.12. The molecule has 0 fully saturated rings. The van der Waals surface area contributed by atoms with Gasteiger partial charge < -0.3 is 10.1 Å². The Morgan fingerprint density at radius 1 is 1.50 bits per heavy atom. The van der Waals surface area contributed by atoms with Gasteiger partial charge in [0.15, 0.2) is 0 Å². The SMILES string of the molecule is CCCNC(C)c1cc(Cl)cc2c1OCC2. The second kappa shape index (κ2) is 5.07. The Balaban J connectivity index is 2.26. The third-order valence-corrected chi connectivity index (χ3v) is 3.16. The molecule has 0 saturated carbocycles. The molecule has 2 rings (SSSR count). The Bertz CT molecular complexity index is 378. The van der Waals surface area contributed by atoms with Crippen molar-refractivity contribution in [2.75, 3.05) is 13.2 Å². The van der Waals surface area contributed by atoms with E-state index in [4.69, 9.17) is 16.3 Å². The van der Waals surface area contributed by atoms with Gasteiger partial charge in [0.25, 0.3) is 0 Å². The zero-order valence-corrected chi connectivity index (χ0v) is 10.6. The van der Waals surface area contributed by atoms with Crippen molar-refractivity contribution in [1.82, 2.24) is 5.32 Å². The van der Waals surface area contributed by atoms with Gasteiger partial charge in [-0.1, -0.05) is 18.5 Å². The molecular weight excluding hydrogens is 222 g/mol. The van der Waals surface area contributed by atoms with Crippen LogP contribution >= 0.6 is 11.6 Å². The van der Waals surface area contributed by atoms with Gasteiger partial charge in [-0.3, -0.25) is 0 Å². The molecule has 0 radical (unpaired) electrons. The summed E-state index contributed by atoms with van der Waals surface area (Å²) in [5.74, 6) is 1.04. The summed E-state index contributed by atoms with van der Waals surface area (Å²) in [6.07, 6.45) is 2.11. The van der Waals surface area contributed by atoms with Crippen LogP contribution in [-0.4, -0.2) is 13.2 Å². The van der Waals surface area contributed by atoms with E-state index in [0.29, 0.717) is 6.04 Å². The number of rotatable bonds is 4. The Morgan fingerprint density at radius 2 is 2.31 bits per heavy atom. The van der Waals surface area contributed by atoms with Crippen molar-refractivity contribution in [3.63, 3.8) is 0 Å². The maximum absolute atomic E-state index is 6.12. The summed E-state index contributed by atoms with van der Waals surface area (Å²) in [5, 5.41) is 4.28. The highest BCUT2D eigenvalue weighted by Gasteiger charge is 2.20. The molecule has 2 nitrogen and oxygen atoms in total. The molecule has 1 aliphatic heterocycles. The fourth-order valence-corrected chi connectivity index (χ4v) is 2.34. The first-order valence-corrected chi connectivity index (χ1v) is 6.28. The number of ether oxygens (including phenoxy) is 1.